The molecule has 0 saturated carbocycles. The lowest BCUT2D eigenvalue weighted by molar-refractivity contribution is -0.148. The van der Waals surface area contributed by atoms with E-state index in [0.717, 1.165) is 25.7 Å². The number of carboxylic acid groups (broad SMARTS) is 1. The van der Waals surface area contributed by atoms with Crippen molar-refractivity contribution < 1.29 is 14.7 Å². The van der Waals surface area contributed by atoms with Crippen LogP contribution in [0.25, 0.3) is 0 Å². The van der Waals surface area contributed by atoms with E-state index in [9.17, 15) is 14.7 Å². The highest BCUT2D eigenvalue weighted by atomic mass is 16.4. The first-order valence-electron chi connectivity index (χ1n) is 6.77. The molecule has 3 N–H and O–H groups in total. The van der Waals surface area contributed by atoms with Gasteiger partial charge in [-0.05, 0) is 32.6 Å². The summed E-state index contributed by atoms with van der Waals surface area (Å²) in [5.74, 6) is -1.11. The van der Waals surface area contributed by atoms with Crippen LogP contribution in [-0.4, -0.2) is 34.6 Å². The standard InChI is InChI=1S/C13H22N2O3/c1-3-6-13(2,12(17)18)15-11(16)9-7-8-4-5-10(9)14-8/h8-10,14H,3-7H2,1-2H3,(H,15,16)(H,17,18). The molecule has 4 atom stereocenters. The minimum atomic E-state index is -1.13. The number of nitrogens with one attached hydrogen (secondary N) is 2. The zero-order valence-corrected chi connectivity index (χ0v) is 11.0. The van der Waals surface area contributed by atoms with Gasteiger partial charge in [0.25, 0.3) is 0 Å². The number of hydrogen-bond donors (Lipinski definition) is 3. The van der Waals surface area contributed by atoms with Gasteiger partial charge in [0.15, 0.2) is 0 Å². The Labute approximate surface area is 107 Å². The van der Waals surface area contributed by atoms with Crippen LogP contribution in [0.5, 0.6) is 0 Å². The van der Waals surface area contributed by atoms with Crippen LogP contribution in [0.3, 0.4) is 0 Å². The zero-order valence-electron chi connectivity index (χ0n) is 11.0. The van der Waals surface area contributed by atoms with E-state index < -0.39 is 11.5 Å². The molecule has 5 nitrogen and oxygen atoms in total. The van der Waals surface area contributed by atoms with E-state index >= 15 is 0 Å². The van der Waals surface area contributed by atoms with Gasteiger partial charge in [-0.2, -0.15) is 0 Å². The molecule has 102 valence electrons. The maximum Gasteiger partial charge on any atom is 0.329 e. The maximum atomic E-state index is 12.2. The van der Waals surface area contributed by atoms with Crippen molar-refractivity contribution in [3.63, 3.8) is 0 Å². The van der Waals surface area contributed by atoms with Crippen LogP contribution in [-0.2, 0) is 9.59 Å². The van der Waals surface area contributed by atoms with Crippen molar-refractivity contribution in [2.45, 2.75) is 63.6 Å². The fraction of sp³-hybridized carbons (Fsp3) is 0.846. The van der Waals surface area contributed by atoms with Crippen LogP contribution >= 0.6 is 0 Å². The number of carboxylic acids is 1. The minimum Gasteiger partial charge on any atom is -0.480 e. The average molecular weight is 254 g/mol. The van der Waals surface area contributed by atoms with Crippen molar-refractivity contribution in [3.05, 3.63) is 0 Å². The second-order valence-electron chi connectivity index (χ2n) is 5.77. The Morgan fingerprint density at radius 3 is 2.61 bits per heavy atom. The molecule has 2 fully saturated rings. The Morgan fingerprint density at radius 1 is 1.44 bits per heavy atom. The first kappa shape index (κ1) is 13.3. The number of amides is 1. The highest BCUT2D eigenvalue weighted by Crippen LogP contribution is 2.33. The molecule has 2 rings (SSSR count). The first-order chi connectivity index (χ1) is 8.46. The first-order valence-corrected chi connectivity index (χ1v) is 6.77. The normalized spacial score (nSPS) is 33.1. The van der Waals surface area contributed by atoms with Gasteiger partial charge in [0.05, 0.1) is 5.92 Å². The Bertz CT molecular complexity index is 358. The molecule has 5 heteroatoms. The number of aliphatic carboxylic acids is 1. The highest BCUT2D eigenvalue weighted by Gasteiger charge is 2.45. The molecule has 2 heterocycles. The average Bonchev–Trinajstić information content (AvgIpc) is 2.90. The summed E-state index contributed by atoms with van der Waals surface area (Å²) in [6.45, 7) is 3.52. The monoisotopic (exact) mass is 254 g/mol. The zero-order chi connectivity index (χ0) is 13.3. The van der Waals surface area contributed by atoms with E-state index in [1.807, 2.05) is 6.92 Å². The third-order valence-electron chi connectivity index (χ3n) is 4.26. The van der Waals surface area contributed by atoms with Gasteiger partial charge in [-0.25, -0.2) is 4.79 Å². The quantitative estimate of drug-likeness (QED) is 0.680. The molecular formula is C13H22N2O3. The predicted octanol–water partition coefficient (Wildman–Crippen LogP) is 0.886. The summed E-state index contributed by atoms with van der Waals surface area (Å²) < 4.78 is 0. The Balaban J connectivity index is 1.99. The van der Waals surface area contributed by atoms with Crippen LogP contribution in [0.1, 0.15) is 46.0 Å². The summed E-state index contributed by atoms with van der Waals surface area (Å²) in [4.78, 5) is 23.5. The summed E-state index contributed by atoms with van der Waals surface area (Å²) in [5, 5.41) is 15.4. The largest absolute Gasteiger partial charge is 0.480 e. The molecule has 0 aliphatic carbocycles. The van der Waals surface area contributed by atoms with E-state index in [2.05, 4.69) is 10.6 Å². The van der Waals surface area contributed by atoms with Crippen molar-refractivity contribution in [3.8, 4) is 0 Å². The van der Waals surface area contributed by atoms with Crippen LogP contribution < -0.4 is 10.6 Å². The lowest BCUT2D eigenvalue weighted by Crippen LogP contribution is -2.54. The predicted molar refractivity (Wildman–Crippen MR) is 67.1 cm³/mol. The van der Waals surface area contributed by atoms with E-state index in [4.69, 9.17) is 0 Å². The molecule has 2 saturated heterocycles. The molecule has 4 unspecified atom stereocenters. The maximum absolute atomic E-state index is 12.2. The van der Waals surface area contributed by atoms with Gasteiger partial charge in [-0.15, -0.1) is 0 Å². The van der Waals surface area contributed by atoms with Gasteiger partial charge in [-0.3, -0.25) is 4.79 Å². The Kier molecular flexibility index (Phi) is 3.61. The van der Waals surface area contributed by atoms with Crippen LogP contribution in [0.4, 0.5) is 0 Å². The van der Waals surface area contributed by atoms with Crippen LogP contribution in [0.2, 0.25) is 0 Å². The number of fused-ring (bicyclic) bond motifs is 2. The van der Waals surface area contributed by atoms with Gasteiger partial charge in [0.1, 0.15) is 5.54 Å². The van der Waals surface area contributed by atoms with Gasteiger partial charge in [0.2, 0.25) is 5.91 Å². The topological polar surface area (TPSA) is 78.4 Å². The number of rotatable bonds is 5. The molecule has 0 aromatic carbocycles. The lowest BCUT2D eigenvalue weighted by Gasteiger charge is -2.29. The van der Waals surface area contributed by atoms with Crippen molar-refractivity contribution >= 4 is 11.9 Å². The van der Waals surface area contributed by atoms with E-state index in [1.165, 1.54) is 0 Å². The molecule has 0 aromatic rings. The van der Waals surface area contributed by atoms with Gasteiger partial charge in [-0.1, -0.05) is 13.3 Å². The summed E-state index contributed by atoms with van der Waals surface area (Å²) >= 11 is 0. The third-order valence-corrected chi connectivity index (χ3v) is 4.26. The molecular weight excluding hydrogens is 232 g/mol. The molecule has 2 aliphatic rings. The summed E-state index contributed by atoms with van der Waals surface area (Å²) in [6, 6.07) is 0.697. The summed E-state index contributed by atoms with van der Waals surface area (Å²) in [7, 11) is 0. The number of carbonyl (C=O) groups is 2. The molecule has 1 amide bonds. The third kappa shape index (κ3) is 2.36. The van der Waals surface area contributed by atoms with Crippen molar-refractivity contribution in [1.29, 1.82) is 0 Å². The van der Waals surface area contributed by atoms with Gasteiger partial charge in [0, 0.05) is 12.1 Å². The summed E-state index contributed by atoms with van der Waals surface area (Å²) in [6.07, 6.45) is 4.21. The fourth-order valence-corrected chi connectivity index (χ4v) is 3.20. The molecule has 0 spiro atoms. The molecule has 2 aliphatic heterocycles. The Hall–Kier alpha value is -1.10. The number of carbonyl (C=O) groups excluding carboxylic acids is 1. The van der Waals surface area contributed by atoms with Gasteiger partial charge >= 0.3 is 5.97 Å². The molecule has 2 bridgehead atoms. The highest BCUT2D eigenvalue weighted by molar-refractivity contribution is 5.88. The van der Waals surface area contributed by atoms with E-state index in [-0.39, 0.29) is 17.9 Å². The van der Waals surface area contributed by atoms with Crippen LogP contribution in [0.15, 0.2) is 0 Å². The SMILES string of the molecule is CCCC(C)(NC(=O)C1CC2CCC1N2)C(=O)O. The van der Waals surface area contributed by atoms with Crippen molar-refractivity contribution in [2.75, 3.05) is 0 Å². The second-order valence-corrected chi connectivity index (χ2v) is 5.77. The lowest BCUT2D eigenvalue weighted by atomic mass is 9.87. The smallest absolute Gasteiger partial charge is 0.329 e. The van der Waals surface area contributed by atoms with Crippen molar-refractivity contribution in [2.24, 2.45) is 5.92 Å². The Morgan fingerprint density at radius 2 is 2.17 bits per heavy atom. The van der Waals surface area contributed by atoms with Gasteiger partial charge < -0.3 is 15.7 Å². The van der Waals surface area contributed by atoms with Crippen molar-refractivity contribution in [1.82, 2.24) is 10.6 Å². The van der Waals surface area contributed by atoms with E-state index in [0.29, 0.717) is 12.5 Å². The fourth-order valence-electron chi connectivity index (χ4n) is 3.20. The molecule has 0 radical (unpaired) electrons. The van der Waals surface area contributed by atoms with E-state index in [1.54, 1.807) is 6.92 Å². The minimum absolute atomic E-state index is 0.0562. The van der Waals surface area contributed by atoms with Crippen LogP contribution in [0, 0.1) is 5.92 Å². The number of hydrogen-bond acceptors (Lipinski definition) is 3. The summed E-state index contributed by atoms with van der Waals surface area (Å²) in [5.41, 5.74) is -1.13. The second kappa shape index (κ2) is 4.88. The molecule has 18 heavy (non-hydrogen) atoms. The molecule has 0 aromatic heterocycles.